The van der Waals surface area contributed by atoms with E-state index in [0.717, 1.165) is 0 Å². The second-order valence-electron chi connectivity index (χ2n) is 2.45. The van der Waals surface area contributed by atoms with Gasteiger partial charge in [0.2, 0.25) is 0 Å². The smallest absolute Gasteiger partial charge is 0.202 e. The number of nitrogens with one attached hydrogen (secondary N) is 1. The molecule has 8 heteroatoms. The van der Waals surface area contributed by atoms with Crippen LogP contribution in [0.4, 0.5) is 13.2 Å². The van der Waals surface area contributed by atoms with Crippen LogP contribution in [0.5, 0.6) is 0 Å². The zero-order valence-corrected chi connectivity index (χ0v) is 8.90. The van der Waals surface area contributed by atoms with E-state index in [1.165, 1.54) is 10.4 Å². The summed E-state index contributed by atoms with van der Waals surface area (Å²) in [5.74, 6) is 0. The minimum Gasteiger partial charge on any atom is -0.202 e. The second kappa shape index (κ2) is 3.97. The Kier molecular flexibility index (Phi) is 3.95. The Morgan fingerprint density at radius 1 is 1.31 bits per heavy atom. The lowest BCUT2D eigenvalue weighted by Gasteiger charge is -2.11. The van der Waals surface area contributed by atoms with Crippen molar-refractivity contribution in [1.29, 1.82) is 0 Å². The van der Waals surface area contributed by atoms with E-state index in [9.17, 15) is 21.6 Å². The summed E-state index contributed by atoms with van der Waals surface area (Å²) in [5.41, 5.74) is -5.23. The van der Waals surface area contributed by atoms with Crippen molar-refractivity contribution in [1.82, 2.24) is 4.13 Å². The van der Waals surface area contributed by atoms with Gasteiger partial charge in [-0.15, -0.1) is 10.7 Å². The van der Waals surface area contributed by atoms with Crippen molar-refractivity contribution < 1.29 is 21.6 Å². The van der Waals surface area contributed by atoms with Gasteiger partial charge in [-0.25, -0.2) is 8.42 Å². The third-order valence-electron chi connectivity index (χ3n) is 1.15. The van der Waals surface area contributed by atoms with E-state index in [0.29, 0.717) is 4.86 Å². The SMILES string of the molecule is CC(C)=S(C)NS(=O)(=O)C(F)(F)F. The summed E-state index contributed by atoms with van der Waals surface area (Å²) < 4.78 is 58.0. The first-order chi connectivity index (χ1) is 5.58. The third-order valence-corrected chi connectivity index (χ3v) is 4.86. The van der Waals surface area contributed by atoms with Crippen molar-refractivity contribution in [3.63, 3.8) is 0 Å². The average molecular weight is 237 g/mol. The first kappa shape index (κ1) is 12.9. The molecule has 0 bridgehead atoms. The van der Waals surface area contributed by atoms with Gasteiger partial charge in [-0.2, -0.15) is 17.3 Å². The predicted octanol–water partition coefficient (Wildman–Crippen LogP) is 1.45. The molecule has 0 radical (unpaired) electrons. The summed E-state index contributed by atoms with van der Waals surface area (Å²) in [4.78, 5) is 0.591. The topological polar surface area (TPSA) is 46.2 Å². The van der Waals surface area contributed by atoms with Crippen LogP contribution in [-0.4, -0.2) is 25.0 Å². The van der Waals surface area contributed by atoms with Crippen LogP contribution < -0.4 is 4.13 Å². The molecule has 0 aromatic carbocycles. The molecule has 1 unspecified atom stereocenters. The Bertz CT molecular complexity index is 313. The molecule has 0 spiro atoms. The van der Waals surface area contributed by atoms with Gasteiger partial charge in [0.05, 0.1) is 0 Å². The third kappa shape index (κ3) is 3.65. The molecule has 0 heterocycles. The molecule has 0 aliphatic rings. The van der Waals surface area contributed by atoms with Crippen molar-refractivity contribution in [2.24, 2.45) is 0 Å². The molecule has 80 valence electrons. The lowest BCUT2D eigenvalue weighted by atomic mass is 10.6. The molecule has 0 saturated carbocycles. The first-order valence-corrected chi connectivity index (χ1v) is 6.24. The quantitative estimate of drug-likeness (QED) is 0.739. The maximum Gasteiger partial charge on any atom is 0.512 e. The fourth-order valence-corrected chi connectivity index (χ4v) is 2.66. The molecule has 0 aliphatic carbocycles. The van der Waals surface area contributed by atoms with Crippen LogP contribution in [-0.2, 0) is 10.0 Å². The van der Waals surface area contributed by atoms with Gasteiger partial charge < -0.3 is 0 Å². The highest BCUT2D eigenvalue weighted by atomic mass is 32.3. The predicted molar refractivity (Wildman–Crippen MR) is 48.0 cm³/mol. The number of halogens is 3. The molecular weight excluding hydrogens is 227 g/mol. The highest BCUT2D eigenvalue weighted by molar-refractivity contribution is 8.20. The van der Waals surface area contributed by atoms with Gasteiger partial charge in [0.1, 0.15) is 0 Å². The first-order valence-electron chi connectivity index (χ1n) is 3.13. The number of hydrogen-bond donors (Lipinski definition) is 1. The van der Waals surface area contributed by atoms with Crippen LogP contribution >= 0.6 is 10.7 Å². The summed E-state index contributed by atoms with van der Waals surface area (Å²) in [5, 5.41) is 0. The molecule has 0 aromatic heterocycles. The van der Waals surface area contributed by atoms with Crippen molar-refractivity contribution in [3.05, 3.63) is 0 Å². The summed E-state index contributed by atoms with van der Waals surface area (Å²) in [6, 6.07) is 0. The fourth-order valence-electron chi connectivity index (χ4n) is 0.295. The van der Waals surface area contributed by atoms with Gasteiger partial charge in [-0.1, -0.05) is 0 Å². The average Bonchev–Trinajstić information content (AvgIpc) is 1.83. The number of alkyl halides is 3. The zero-order valence-electron chi connectivity index (χ0n) is 7.27. The second-order valence-corrected chi connectivity index (χ2v) is 6.42. The van der Waals surface area contributed by atoms with Gasteiger partial charge in [0.15, 0.2) is 0 Å². The minimum atomic E-state index is -5.23. The Morgan fingerprint density at radius 2 is 1.69 bits per heavy atom. The Morgan fingerprint density at radius 3 is 1.92 bits per heavy atom. The van der Waals surface area contributed by atoms with E-state index in [2.05, 4.69) is 0 Å². The molecule has 0 aromatic rings. The summed E-state index contributed by atoms with van der Waals surface area (Å²) in [7, 11) is -6.28. The largest absolute Gasteiger partial charge is 0.512 e. The normalized spacial score (nSPS) is 15.5. The molecule has 0 fully saturated rings. The number of rotatable bonds is 2. The highest BCUT2D eigenvalue weighted by Crippen LogP contribution is 2.24. The summed E-state index contributed by atoms with van der Waals surface area (Å²) >= 11 is 0. The van der Waals surface area contributed by atoms with Gasteiger partial charge in [0, 0.05) is 0 Å². The van der Waals surface area contributed by atoms with Crippen molar-refractivity contribution >= 4 is 25.6 Å². The van der Waals surface area contributed by atoms with E-state index in [-0.39, 0.29) is 0 Å². The molecule has 0 amide bonds. The highest BCUT2D eigenvalue weighted by Gasteiger charge is 2.45. The number of hydrogen-bond acceptors (Lipinski definition) is 2. The van der Waals surface area contributed by atoms with Crippen molar-refractivity contribution in [3.8, 4) is 0 Å². The van der Waals surface area contributed by atoms with E-state index in [4.69, 9.17) is 0 Å². The van der Waals surface area contributed by atoms with Crippen molar-refractivity contribution in [2.45, 2.75) is 19.4 Å². The van der Waals surface area contributed by atoms with Crippen LogP contribution in [0.15, 0.2) is 0 Å². The van der Waals surface area contributed by atoms with Crippen LogP contribution in [0, 0.1) is 0 Å². The standard InChI is InChI=1S/C5H10F3NO2S2/c1-4(2)12(3)9-13(10,11)5(6,7)8/h9H,1-3H3. The summed E-state index contributed by atoms with van der Waals surface area (Å²) in [6.07, 6.45) is 1.37. The molecule has 1 atom stereocenters. The van der Waals surface area contributed by atoms with E-state index >= 15 is 0 Å². The van der Waals surface area contributed by atoms with Crippen LogP contribution in [0.1, 0.15) is 13.8 Å². The van der Waals surface area contributed by atoms with Gasteiger partial charge >= 0.3 is 15.5 Å². The molecule has 0 rings (SSSR count). The number of sulfonamides is 1. The van der Waals surface area contributed by atoms with Crippen LogP contribution in [0.3, 0.4) is 0 Å². The van der Waals surface area contributed by atoms with E-state index in [1.807, 2.05) is 0 Å². The fraction of sp³-hybridized carbons (Fsp3) is 0.800. The lowest BCUT2D eigenvalue weighted by Crippen LogP contribution is -2.33. The molecule has 0 aliphatic heterocycles. The molecular formula is C5H10F3NO2S2. The molecule has 3 nitrogen and oxygen atoms in total. The Hall–Kier alpha value is -0.0800. The minimum absolute atomic E-state index is 0.591. The lowest BCUT2D eigenvalue weighted by molar-refractivity contribution is -0.0440. The van der Waals surface area contributed by atoms with Gasteiger partial charge in [-0.3, -0.25) is 0 Å². The van der Waals surface area contributed by atoms with Crippen LogP contribution in [0.25, 0.3) is 0 Å². The van der Waals surface area contributed by atoms with E-state index < -0.39 is 26.2 Å². The van der Waals surface area contributed by atoms with Gasteiger partial charge in [0.25, 0.3) is 0 Å². The molecule has 1 N–H and O–H groups in total. The van der Waals surface area contributed by atoms with E-state index in [1.54, 1.807) is 13.8 Å². The maximum absolute atomic E-state index is 11.8. The Labute approximate surface area is 77.4 Å². The monoisotopic (exact) mass is 237 g/mol. The zero-order chi connectivity index (χ0) is 10.9. The molecule has 0 saturated heterocycles. The maximum atomic E-state index is 11.8. The Balaban J connectivity index is 4.86. The van der Waals surface area contributed by atoms with Gasteiger partial charge in [-0.05, 0) is 25.0 Å². The van der Waals surface area contributed by atoms with Crippen molar-refractivity contribution in [2.75, 3.05) is 6.26 Å². The summed E-state index contributed by atoms with van der Waals surface area (Å²) in [6.45, 7) is 3.12. The van der Waals surface area contributed by atoms with Crippen LogP contribution in [0.2, 0.25) is 0 Å². The molecule has 13 heavy (non-hydrogen) atoms.